The normalized spacial score (nSPS) is 14.8. The van der Waals surface area contributed by atoms with Gasteiger partial charge < -0.3 is 14.0 Å². The van der Waals surface area contributed by atoms with Gasteiger partial charge in [0.2, 0.25) is 0 Å². The molecular weight excluding hydrogens is 322 g/mol. The number of benzene rings is 2. The predicted molar refractivity (Wildman–Crippen MR) is 111 cm³/mol. The van der Waals surface area contributed by atoms with Crippen molar-refractivity contribution in [1.29, 1.82) is 0 Å². The topological polar surface area (TPSA) is 23.4 Å². The summed E-state index contributed by atoms with van der Waals surface area (Å²) in [5.74, 6) is 0.928. The maximum atomic E-state index is 5.75. The van der Waals surface area contributed by atoms with Crippen molar-refractivity contribution in [2.45, 2.75) is 59.1 Å². The number of aromatic nitrogens is 1. The van der Waals surface area contributed by atoms with Crippen molar-refractivity contribution in [3.8, 4) is 5.75 Å². The summed E-state index contributed by atoms with van der Waals surface area (Å²) in [5, 5.41) is 2.45. The minimum absolute atomic E-state index is 0.102. The smallest absolute Gasteiger partial charge is 0.128 e. The Bertz CT molecular complexity index is 946. The Morgan fingerprint density at radius 3 is 2.27 bits per heavy atom. The van der Waals surface area contributed by atoms with E-state index in [0.717, 1.165) is 5.75 Å². The van der Waals surface area contributed by atoms with Crippen molar-refractivity contribution in [1.82, 2.24) is 4.57 Å². The largest absolute Gasteiger partial charge is 0.496 e. The van der Waals surface area contributed by atoms with Crippen molar-refractivity contribution < 1.29 is 9.47 Å². The molecule has 140 valence electrons. The molecule has 0 bridgehead atoms. The molecule has 3 nitrogen and oxygen atoms in total. The van der Waals surface area contributed by atoms with Crippen LogP contribution in [0.4, 0.5) is 0 Å². The second-order valence-corrected chi connectivity index (χ2v) is 8.34. The minimum atomic E-state index is 0.102. The van der Waals surface area contributed by atoms with E-state index in [9.17, 15) is 0 Å². The molecule has 2 aromatic carbocycles. The third-order valence-electron chi connectivity index (χ3n) is 5.65. The van der Waals surface area contributed by atoms with E-state index < -0.39 is 0 Å². The maximum Gasteiger partial charge on any atom is 0.128 e. The molecule has 0 N–H and O–H groups in total. The molecule has 0 aliphatic carbocycles. The van der Waals surface area contributed by atoms with Gasteiger partial charge in [-0.3, -0.25) is 0 Å². The van der Waals surface area contributed by atoms with Crippen LogP contribution in [0.1, 0.15) is 51.8 Å². The van der Waals surface area contributed by atoms with Gasteiger partial charge in [-0.1, -0.05) is 32.9 Å². The van der Waals surface area contributed by atoms with Crippen molar-refractivity contribution in [2.24, 2.45) is 0 Å². The molecule has 3 heteroatoms. The van der Waals surface area contributed by atoms with Crippen LogP contribution < -0.4 is 4.74 Å². The van der Waals surface area contributed by atoms with Gasteiger partial charge in [0.25, 0.3) is 0 Å². The molecular formula is C23H31NO2. The van der Waals surface area contributed by atoms with Crippen LogP contribution in [0.15, 0.2) is 30.3 Å². The molecule has 0 aliphatic heterocycles. The fourth-order valence-electron chi connectivity index (χ4n) is 3.78. The quantitative estimate of drug-likeness (QED) is 0.574. The van der Waals surface area contributed by atoms with Gasteiger partial charge in [-0.15, -0.1) is 0 Å². The van der Waals surface area contributed by atoms with Crippen LogP contribution in [0.3, 0.4) is 0 Å². The fourth-order valence-corrected chi connectivity index (χ4v) is 3.78. The molecule has 0 fully saturated rings. The molecule has 0 spiro atoms. The number of hydrogen-bond acceptors (Lipinski definition) is 2. The Kier molecular flexibility index (Phi) is 4.78. The van der Waals surface area contributed by atoms with Gasteiger partial charge in [-0.05, 0) is 55.5 Å². The van der Waals surface area contributed by atoms with E-state index in [0.29, 0.717) is 0 Å². The van der Waals surface area contributed by atoms with Crippen molar-refractivity contribution in [2.75, 3.05) is 14.2 Å². The highest BCUT2D eigenvalue weighted by Gasteiger charge is 2.24. The van der Waals surface area contributed by atoms with Gasteiger partial charge in [0.15, 0.2) is 0 Å². The zero-order valence-corrected chi connectivity index (χ0v) is 17.3. The standard InChI is InChI=1S/C23H31NO2/c1-14-9-12-20(26-8)21-18-13-17(23(4,5)6)10-11-19(18)24(22(14)21)15(2)16(3)25-7/h9-13,15-16H,1-8H3/t15-,16?/m0/s1. The van der Waals surface area contributed by atoms with Crippen LogP contribution in [-0.4, -0.2) is 24.9 Å². The van der Waals surface area contributed by atoms with Crippen LogP contribution in [0.5, 0.6) is 5.75 Å². The first-order valence-corrected chi connectivity index (χ1v) is 9.35. The van der Waals surface area contributed by atoms with E-state index in [-0.39, 0.29) is 17.6 Å². The van der Waals surface area contributed by atoms with Crippen LogP contribution in [0.25, 0.3) is 21.8 Å². The van der Waals surface area contributed by atoms with E-state index in [1.807, 2.05) is 0 Å². The summed E-state index contributed by atoms with van der Waals surface area (Å²) in [6.45, 7) is 13.3. The number of hydrogen-bond donors (Lipinski definition) is 0. The van der Waals surface area contributed by atoms with Gasteiger partial charge in [0, 0.05) is 23.4 Å². The summed E-state index contributed by atoms with van der Waals surface area (Å²) in [4.78, 5) is 0. The van der Waals surface area contributed by atoms with E-state index in [4.69, 9.17) is 9.47 Å². The SMILES string of the molecule is COc1ccc(C)c2c1c1cc(C(C)(C)C)ccc1n2[C@@H](C)C(C)OC. The second-order valence-electron chi connectivity index (χ2n) is 8.34. The molecule has 3 aromatic rings. The van der Waals surface area contributed by atoms with E-state index in [1.165, 1.54) is 32.9 Å². The van der Waals surface area contributed by atoms with E-state index >= 15 is 0 Å². The van der Waals surface area contributed by atoms with Crippen molar-refractivity contribution >= 4 is 21.8 Å². The van der Waals surface area contributed by atoms with Crippen LogP contribution in [0, 0.1) is 6.92 Å². The molecule has 2 atom stereocenters. The van der Waals surface area contributed by atoms with Gasteiger partial charge in [0.1, 0.15) is 5.75 Å². The Morgan fingerprint density at radius 2 is 1.69 bits per heavy atom. The zero-order chi connectivity index (χ0) is 19.2. The van der Waals surface area contributed by atoms with Crippen molar-refractivity contribution in [3.05, 3.63) is 41.5 Å². The number of rotatable bonds is 4. The lowest BCUT2D eigenvalue weighted by Gasteiger charge is -2.24. The summed E-state index contributed by atoms with van der Waals surface area (Å²) in [6.07, 6.45) is 0.113. The van der Waals surface area contributed by atoms with Gasteiger partial charge in [-0.25, -0.2) is 0 Å². The fraction of sp³-hybridized carbons (Fsp3) is 0.478. The van der Waals surface area contributed by atoms with Gasteiger partial charge >= 0.3 is 0 Å². The highest BCUT2D eigenvalue weighted by atomic mass is 16.5. The molecule has 0 saturated carbocycles. The third kappa shape index (κ3) is 2.88. The Balaban J connectivity index is 2.48. The second kappa shape index (κ2) is 6.62. The van der Waals surface area contributed by atoms with Gasteiger partial charge in [0.05, 0.1) is 24.8 Å². The Morgan fingerprint density at radius 1 is 1.00 bits per heavy atom. The molecule has 0 saturated heterocycles. The Labute approximate surface area is 156 Å². The average molecular weight is 354 g/mol. The van der Waals surface area contributed by atoms with Gasteiger partial charge in [-0.2, -0.15) is 0 Å². The number of fused-ring (bicyclic) bond motifs is 3. The number of methoxy groups -OCH3 is 2. The molecule has 26 heavy (non-hydrogen) atoms. The summed E-state index contributed by atoms with van der Waals surface area (Å²) in [7, 11) is 3.53. The zero-order valence-electron chi connectivity index (χ0n) is 17.3. The lowest BCUT2D eigenvalue weighted by Crippen LogP contribution is -2.20. The lowest BCUT2D eigenvalue weighted by atomic mass is 9.86. The lowest BCUT2D eigenvalue weighted by molar-refractivity contribution is 0.0805. The number of ether oxygens (including phenoxy) is 2. The molecule has 0 radical (unpaired) electrons. The predicted octanol–water partition coefficient (Wildman–Crippen LogP) is 6.00. The van der Waals surface area contributed by atoms with Crippen LogP contribution >= 0.6 is 0 Å². The molecule has 0 amide bonds. The first-order chi connectivity index (χ1) is 12.2. The Hall–Kier alpha value is -2.00. The van der Waals surface area contributed by atoms with Crippen LogP contribution in [-0.2, 0) is 10.2 Å². The number of nitrogens with zero attached hydrogens (tertiary/aromatic N) is 1. The molecule has 1 unspecified atom stereocenters. The maximum absolute atomic E-state index is 5.75. The highest BCUT2D eigenvalue weighted by Crippen LogP contribution is 2.41. The first-order valence-electron chi connectivity index (χ1n) is 9.35. The monoisotopic (exact) mass is 353 g/mol. The average Bonchev–Trinajstić information content (AvgIpc) is 2.95. The molecule has 3 rings (SSSR count). The van der Waals surface area contributed by atoms with E-state index in [2.05, 4.69) is 76.4 Å². The molecule has 1 aromatic heterocycles. The molecule has 0 aliphatic rings. The van der Waals surface area contributed by atoms with Crippen LogP contribution in [0.2, 0.25) is 0 Å². The molecule has 1 heterocycles. The first kappa shape index (κ1) is 18.8. The minimum Gasteiger partial charge on any atom is -0.496 e. The third-order valence-corrected chi connectivity index (χ3v) is 5.65. The summed E-state index contributed by atoms with van der Waals surface area (Å²) in [6, 6.07) is 11.3. The summed E-state index contributed by atoms with van der Waals surface area (Å²) >= 11 is 0. The van der Waals surface area contributed by atoms with Crippen molar-refractivity contribution in [3.63, 3.8) is 0 Å². The van der Waals surface area contributed by atoms with E-state index in [1.54, 1.807) is 14.2 Å². The highest BCUT2D eigenvalue weighted by molar-refractivity contribution is 6.12. The summed E-state index contributed by atoms with van der Waals surface area (Å²) in [5.41, 5.74) is 5.16. The summed E-state index contributed by atoms with van der Waals surface area (Å²) < 4.78 is 13.8. The number of aryl methyl sites for hydroxylation is 1.